The molecule has 0 atom stereocenters. The molecule has 0 saturated heterocycles. The predicted octanol–water partition coefficient (Wildman–Crippen LogP) is 12.6. The van der Waals surface area contributed by atoms with Crippen LogP contribution in [0.25, 0.3) is 86.8 Å². The number of rotatable bonds is 6. The molecular formula is C42H30N2S2. The van der Waals surface area contributed by atoms with Gasteiger partial charge in [0.05, 0.1) is 20.4 Å². The lowest BCUT2D eigenvalue weighted by molar-refractivity contribution is 1.45. The van der Waals surface area contributed by atoms with E-state index in [1.807, 2.05) is 12.2 Å². The van der Waals surface area contributed by atoms with E-state index >= 15 is 0 Å². The first kappa shape index (κ1) is 28.3. The van der Waals surface area contributed by atoms with Crippen molar-refractivity contribution >= 4 is 66.0 Å². The Kier molecular flexibility index (Phi) is 6.97. The summed E-state index contributed by atoms with van der Waals surface area (Å²) in [5.41, 5.74) is 13.6. The van der Waals surface area contributed by atoms with Crippen molar-refractivity contribution in [1.82, 2.24) is 9.97 Å². The van der Waals surface area contributed by atoms with Crippen LogP contribution in [-0.2, 0) is 0 Å². The van der Waals surface area contributed by atoms with Crippen molar-refractivity contribution in [2.45, 2.75) is 13.8 Å². The summed E-state index contributed by atoms with van der Waals surface area (Å²) in [4.78, 5) is 9.82. The van der Waals surface area contributed by atoms with Crippen LogP contribution in [-0.4, -0.2) is 9.97 Å². The van der Waals surface area contributed by atoms with Gasteiger partial charge in [0, 0.05) is 11.1 Å². The van der Waals surface area contributed by atoms with Gasteiger partial charge in [-0.15, -0.1) is 22.7 Å². The molecule has 0 unspecified atom stereocenters. The van der Waals surface area contributed by atoms with Gasteiger partial charge in [-0.05, 0) is 93.4 Å². The van der Waals surface area contributed by atoms with Gasteiger partial charge >= 0.3 is 0 Å². The Bertz CT molecular complexity index is 2290. The van der Waals surface area contributed by atoms with E-state index in [0.29, 0.717) is 0 Å². The van der Waals surface area contributed by atoms with Gasteiger partial charge in [0.25, 0.3) is 0 Å². The second-order valence-corrected chi connectivity index (χ2v) is 13.7. The SMILES string of the molecule is C=Cc1c(C=C)c(-c2ccc(-c3nc4ccc(C)cc4s3)cc2)c2ccccc2c1-c1ccc(-c2nc3ccc(C)cc3s2)cc1. The molecule has 0 radical (unpaired) electrons. The molecule has 0 N–H and O–H groups in total. The van der Waals surface area contributed by atoms with Gasteiger partial charge in [0.2, 0.25) is 0 Å². The molecule has 0 aliphatic heterocycles. The number of hydrogen-bond acceptors (Lipinski definition) is 4. The molecule has 2 heterocycles. The number of benzene rings is 6. The molecule has 0 aliphatic carbocycles. The first-order valence-corrected chi connectivity index (χ1v) is 16.9. The Morgan fingerprint density at radius 1 is 0.500 bits per heavy atom. The highest BCUT2D eigenvalue weighted by molar-refractivity contribution is 7.22. The topological polar surface area (TPSA) is 25.8 Å². The molecule has 220 valence electrons. The summed E-state index contributed by atoms with van der Waals surface area (Å²) in [7, 11) is 0. The summed E-state index contributed by atoms with van der Waals surface area (Å²) in [6, 6.07) is 39.1. The molecule has 2 nitrogen and oxygen atoms in total. The van der Waals surface area contributed by atoms with Crippen molar-refractivity contribution in [2.24, 2.45) is 0 Å². The summed E-state index contributed by atoms with van der Waals surface area (Å²) in [6.07, 6.45) is 3.95. The van der Waals surface area contributed by atoms with Crippen LogP contribution in [0.4, 0.5) is 0 Å². The van der Waals surface area contributed by atoms with Gasteiger partial charge in [0.1, 0.15) is 10.0 Å². The average Bonchev–Trinajstić information content (AvgIpc) is 3.71. The number of aryl methyl sites for hydroxylation is 2. The fourth-order valence-corrected chi connectivity index (χ4v) is 8.53. The van der Waals surface area contributed by atoms with Crippen LogP contribution >= 0.6 is 22.7 Å². The fraction of sp³-hybridized carbons (Fsp3) is 0.0476. The Hall–Kier alpha value is -5.16. The number of fused-ring (bicyclic) bond motifs is 3. The molecule has 0 bridgehead atoms. The van der Waals surface area contributed by atoms with E-state index in [-0.39, 0.29) is 0 Å². The third kappa shape index (κ3) is 4.78. The summed E-state index contributed by atoms with van der Waals surface area (Å²) >= 11 is 3.48. The molecule has 0 spiro atoms. The van der Waals surface area contributed by atoms with E-state index in [9.17, 15) is 0 Å². The average molecular weight is 627 g/mol. The monoisotopic (exact) mass is 626 g/mol. The number of aromatic nitrogens is 2. The molecule has 4 heteroatoms. The first-order valence-electron chi connectivity index (χ1n) is 15.3. The van der Waals surface area contributed by atoms with E-state index in [4.69, 9.17) is 9.97 Å². The smallest absolute Gasteiger partial charge is 0.124 e. The van der Waals surface area contributed by atoms with Crippen molar-refractivity contribution < 1.29 is 0 Å². The van der Waals surface area contributed by atoms with Gasteiger partial charge in [0.15, 0.2) is 0 Å². The summed E-state index contributed by atoms with van der Waals surface area (Å²) in [5, 5.41) is 4.44. The standard InChI is InChI=1S/C42H30N2S2/c1-5-31-32(6-2)40(28-15-19-30(20-16-28)42-44-36-22-12-26(4)24-38(36)46-42)34-10-8-7-9-33(34)39(31)27-13-17-29(18-14-27)41-43-35-21-11-25(3)23-37(35)45-41/h5-24H,1-2H2,3-4H3. The normalized spacial score (nSPS) is 11.4. The van der Waals surface area contributed by atoms with Crippen molar-refractivity contribution in [3.05, 3.63) is 145 Å². The lowest BCUT2D eigenvalue weighted by atomic mass is 9.83. The molecule has 0 aliphatic rings. The summed E-state index contributed by atoms with van der Waals surface area (Å²) in [5.74, 6) is 0. The number of thiazole rings is 2. The van der Waals surface area contributed by atoms with Gasteiger partial charge < -0.3 is 0 Å². The van der Waals surface area contributed by atoms with Crippen LogP contribution < -0.4 is 0 Å². The second-order valence-electron chi connectivity index (χ2n) is 11.7. The minimum atomic E-state index is 1.03. The Labute approximate surface area is 276 Å². The molecule has 2 aromatic heterocycles. The van der Waals surface area contributed by atoms with Crippen molar-refractivity contribution in [1.29, 1.82) is 0 Å². The van der Waals surface area contributed by atoms with Gasteiger partial charge in [-0.3, -0.25) is 0 Å². The summed E-state index contributed by atoms with van der Waals surface area (Å²) in [6.45, 7) is 12.8. The lowest BCUT2D eigenvalue weighted by Gasteiger charge is -2.20. The van der Waals surface area contributed by atoms with E-state index in [1.165, 1.54) is 31.3 Å². The minimum Gasteiger partial charge on any atom is -0.236 e. The largest absolute Gasteiger partial charge is 0.236 e. The predicted molar refractivity (Wildman–Crippen MR) is 202 cm³/mol. The zero-order chi connectivity index (χ0) is 31.4. The molecule has 6 aromatic carbocycles. The number of hydrogen-bond donors (Lipinski definition) is 0. The highest BCUT2D eigenvalue weighted by Crippen LogP contribution is 2.44. The van der Waals surface area contributed by atoms with Crippen LogP contribution in [0.1, 0.15) is 22.3 Å². The zero-order valence-electron chi connectivity index (χ0n) is 25.7. The van der Waals surface area contributed by atoms with E-state index < -0.39 is 0 Å². The van der Waals surface area contributed by atoms with Crippen LogP contribution in [0.15, 0.2) is 122 Å². The minimum absolute atomic E-state index is 1.03. The van der Waals surface area contributed by atoms with Crippen molar-refractivity contribution in [2.75, 3.05) is 0 Å². The van der Waals surface area contributed by atoms with E-state index in [2.05, 4.69) is 136 Å². The van der Waals surface area contributed by atoms with Crippen molar-refractivity contribution in [3.8, 4) is 43.4 Å². The third-order valence-corrected chi connectivity index (χ3v) is 10.8. The zero-order valence-corrected chi connectivity index (χ0v) is 27.3. The molecule has 0 saturated carbocycles. The Morgan fingerprint density at radius 3 is 1.28 bits per heavy atom. The van der Waals surface area contributed by atoms with Crippen LogP contribution in [0.2, 0.25) is 0 Å². The molecule has 0 amide bonds. The molecular weight excluding hydrogens is 597 g/mol. The van der Waals surface area contributed by atoms with Gasteiger partial charge in [-0.2, -0.15) is 0 Å². The Balaban J connectivity index is 1.23. The second kappa shape index (κ2) is 11.3. The summed E-state index contributed by atoms with van der Waals surface area (Å²) < 4.78 is 2.43. The lowest BCUT2D eigenvalue weighted by Crippen LogP contribution is -1.96. The molecule has 8 aromatic rings. The van der Waals surface area contributed by atoms with Crippen LogP contribution in [0.3, 0.4) is 0 Å². The third-order valence-electron chi connectivity index (χ3n) is 8.63. The number of nitrogens with zero attached hydrogens (tertiary/aromatic N) is 2. The maximum atomic E-state index is 4.91. The molecule has 8 rings (SSSR count). The van der Waals surface area contributed by atoms with Gasteiger partial charge in [-0.1, -0.05) is 110 Å². The van der Waals surface area contributed by atoms with Crippen LogP contribution in [0.5, 0.6) is 0 Å². The quantitative estimate of drug-likeness (QED) is 0.183. The van der Waals surface area contributed by atoms with E-state index in [0.717, 1.165) is 65.6 Å². The van der Waals surface area contributed by atoms with Crippen LogP contribution in [0, 0.1) is 13.8 Å². The van der Waals surface area contributed by atoms with Gasteiger partial charge in [-0.25, -0.2) is 9.97 Å². The first-order chi connectivity index (χ1) is 22.5. The molecule has 0 fully saturated rings. The van der Waals surface area contributed by atoms with E-state index in [1.54, 1.807) is 22.7 Å². The Morgan fingerprint density at radius 2 is 0.891 bits per heavy atom. The fourth-order valence-electron chi connectivity index (χ4n) is 6.39. The van der Waals surface area contributed by atoms with Crippen molar-refractivity contribution in [3.63, 3.8) is 0 Å². The molecule has 46 heavy (non-hydrogen) atoms. The highest BCUT2D eigenvalue weighted by Gasteiger charge is 2.19. The maximum Gasteiger partial charge on any atom is 0.124 e. The maximum absolute atomic E-state index is 4.91. The highest BCUT2D eigenvalue weighted by atomic mass is 32.1.